The molecule has 1 fully saturated rings. The lowest BCUT2D eigenvalue weighted by Crippen LogP contribution is -2.48. The van der Waals surface area contributed by atoms with Gasteiger partial charge in [-0.05, 0) is 23.8 Å². The number of benzene rings is 1. The second kappa shape index (κ2) is 6.35. The van der Waals surface area contributed by atoms with Gasteiger partial charge in [0.2, 0.25) is 10.0 Å². The zero-order valence-corrected chi connectivity index (χ0v) is 14.9. The van der Waals surface area contributed by atoms with E-state index in [1.54, 1.807) is 31.6 Å². The van der Waals surface area contributed by atoms with Crippen molar-refractivity contribution in [1.29, 1.82) is 0 Å². The van der Waals surface area contributed by atoms with Crippen LogP contribution in [-0.2, 0) is 17.1 Å². The molecular formula is C17H18N4O4S. The Morgan fingerprint density at radius 1 is 1.31 bits per heavy atom. The highest BCUT2D eigenvalue weighted by atomic mass is 32.2. The van der Waals surface area contributed by atoms with Crippen molar-refractivity contribution in [2.24, 2.45) is 7.05 Å². The maximum Gasteiger partial charge on any atom is 0.419 e. The molecule has 0 radical (unpaired) electrons. The van der Waals surface area contributed by atoms with Gasteiger partial charge >= 0.3 is 5.76 Å². The fourth-order valence-corrected chi connectivity index (χ4v) is 4.87. The van der Waals surface area contributed by atoms with Crippen molar-refractivity contribution < 1.29 is 12.8 Å². The largest absolute Gasteiger partial charge is 0.419 e. The minimum absolute atomic E-state index is 0.107. The van der Waals surface area contributed by atoms with Crippen LogP contribution >= 0.6 is 0 Å². The maximum absolute atomic E-state index is 13.3. The van der Waals surface area contributed by atoms with Crippen LogP contribution in [0.5, 0.6) is 0 Å². The van der Waals surface area contributed by atoms with Crippen molar-refractivity contribution in [3.05, 3.63) is 58.8 Å². The molecule has 2 aromatic heterocycles. The quantitative estimate of drug-likeness (QED) is 0.730. The van der Waals surface area contributed by atoms with E-state index in [-0.39, 0.29) is 16.5 Å². The molecule has 26 heavy (non-hydrogen) atoms. The molecule has 3 aromatic rings. The number of rotatable bonds is 3. The second-order valence-corrected chi connectivity index (χ2v) is 8.07. The second-order valence-electron chi connectivity index (χ2n) is 6.18. The van der Waals surface area contributed by atoms with Gasteiger partial charge in [-0.1, -0.05) is 6.07 Å². The van der Waals surface area contributed by atoms with E-state index in [0.717, 1.165) is 5.56 Å². The lowest BCUT2D eigenvalue weighted by atomic mass is 10.1. The Labute approximate surface area is 150 Å². The smallest absolute Gasteiger partial charge is 0.408 e. The average molecular weight is 374 g/mol. The van der Waals surface area contributed by atoms with Crippen molar-refractivity contribution >= 4 is 21.1 Å². The van der Waals surface area contributed by atoms with Crippen LogP contribution in [-0.4, -0.2) is 41.9 Å². The lowest BCUT2D eigenvalue weighted by molar-refractivity contribution is 0.271. The van der Waals surface area contributed by atoms with Crippen LogP contribution in [0.1, 0.15) is 11.6 Å². The van der Waals surface area contributed by atoms with Crippen LogP contribution in [0.3, 0.4) is 0 Å². The standard InChI is InChI=1S/C17H18N4O4S/c1-20-14-5-4-13(9-16(14)25-17(20)22)26(23,24)21-8-7-19-11-15(21)12-3-2-6-18-10-12/h2-6,9-10,15,19H,7-8,11H2,1H3. The van der Waals surface area contributed by atoms with Gasteiger partial charge in [-0.2, -0.15) is 4.31 Å². The van der Waals surface area contributed by atoms with E-state index in [0.29, 0.717) is 25.2 Å². The number of nitrogens with zero attached hydrogens (tertiary/aromatic N) is 3. The van der Waals surface area contributed by atoms with Gasteiger partial charge in [0.05, 0.1) is 16.5 Å². The van der Waals surface area contributed by atoms with Gasteiger partial charge in [0.15, 0.2) is 5.58 Å². The van der Waals surface area contributed by atoms with Crippen molar-refractivity contribution in [3.63, 3.8) is 0 Å². The van der Waals surface area contributed by atoms with Crippen LogP contribution in [0, 0.1) is 0 Å². The molecule has 1 aliphatic rings. The highest BCUT2D eigenvalue weighted by Crippen LogP contribution is 2.29. The Hall–Kier alpha value is -2.49. The first-order valence-corrected chi connectivity index (χ1v) is 9.64. The molecule has 1 aromatic carbocycles. The fourth-order valence-electron chi connectivity index (χ4n) is 3.24. The van der Waals surface area contributed by atoms with Crippen LogP contribution in [0.2, 0.25) is 0 Å². The van der Waals surface area contributed by atoms with Gasteiger partial charge in [-0.15, -0.1) is 0 Å². The zero-order valence-electron chi connectivity index (χ0n) is 14.1. The molecular weight excluding hydrogens is 356 g/mol. The topological polar surface area (TPSA) is 97.4 Å². The molecule has 0 bridgehead atoms. The van der Waals surface area contributed by atoms with E-state index >= 15 is 0 Å². The monoisotopic (exact) mass is 374 g/mol. The predicted molar refractivity (Wildman–Crippen MR) is 95.2 cm³/mol. The maximum atomic E-state index is 13.3. The summed E-state index contributed by atoms with van der Waals surface area (Å²) >= 11 is 0. The first kappa shape index (κ1) is 17.0. The zero-order chi connectivity index (χ0) is 18.3. The third-order valence-corrected chi connectivity index (χ3v) is 6.54. The number of nitrogens with one attached hydrogen (secondary N) is 1. The highest BCUT2D eigenvalue weighted by Gasteiger charge is 2.34. The third kappa shape index (κ3) is 2.74. The summed E-state index contributed by atoms with van der Waals surface area (Å²) < 4.78 is 34.5. The number of oxazole rings is 1. The van der Waals surface area contributed by atoms with E-state index in [9.17, 15) is 13.2 Å². The van der Waals surface area contributed by atoms with Gasteiger partial charge in [0.1, 0.15) is 0 Å². The minimum atomic E-state index is -3.76. The number of piperazine rings is 1. The number of sulfonamides is 1. The molecule has 0 saturated carbocycles. The molecule has 1 N–H and O–H groups in total. The van der Waals surface area contributed by atoms with E-state index in [4.69, 9.17) is 4.42 Å². The fraction of sp³-hybridized carbons (Fsp3) is 0.294. The Kier molecular flexibility index (Phi) is 4.14. The first-order chi connectivity index (χ1) is 12.5. The molecule has 1 aliphatic heterocycles. The molecule has 3 heterocycles. The van der Waals surface area contributed by atoms with E-state index in [1.807, 2.05) is 6.07 Å². The highest BCUT2D eigenvalue weighted by molar-refractivity contribution is 7.89. The summed E-state index contributed by atoms with van der Waals surface area (Å²) in [6.07, 6.45) is 3.34. The third-order valence-electron chi connectivity index (χ3n) is 4.63. The van der Waals surface area contributed by atoms with Crippen molar-refractivity contribution in [1.82, 2.24) is 19.2 Å². The number of aryl methyl sites for hydroxylation is 1. The van der Waals surface area contributed by atoms with Crippen LogP contribution in [0.15, 0.2) is 56.8 Å². The summed E-state index contributed by atoms with van der Waals surface area (Å²) in [5, 5.41) is 3.23. The summed E-state index contributed by atoms with van der Waals surface area (Å²) in [6, 6.07) is 7.82. The molecule has 8 nitrogen and oxygen atoms in total. The van der Waals surface area contributed by atoms with E-state index in [2.05, 4.69) is 10.3 Å². The van der Waals surface area contributed by atoms with Gasteiger partial charge in [0, 0.05) is 45.1 Å². The Balaban J connectivity index is 1.78. The minimum Gasteiger partial charge on any atom is -0.408 e. The lowest BCUT2D eigenvalue weighted by Gasteiger charge is -2.35. The number of hydrogen-bond donors (Lipinski definition) is 1. The first-order valence-electron chi connectivity index (χ1n) is 8.20. The summed E-state index contributed by atoms with van der Waals surface area (Å²) in [7, 11) is -2.18. The van der Waals surface area contributed by atoms with E-state index in [1.165, 1.54) is 21.0 Å². The summed E-state index contributed by atoms with van der Waals surface area (Å²) in [5.74, 6) is -0.523. The van der Waals surface area contributed by atoms with Crippen LogP contribution in [0.4, 0.5) is 0 Å². The molecule has 4 rings (SSSR count). The Morgan fingerprint density at radius 2 is 2.15 bits per heavy atom. The number of pyridine rings is 1. The Bertz CT molecular complexity index is 1100. The molecule has 1 saturated heterocycles. The number of fused-ring (bicyclic) bond motifs is 1. The van der Waals surface area contributed by atoms with Crippen LogP contribution < -0.4 is 11.1 Å². The Morgan fingerprint density at radius 3 is 2.92 bits per heavy atom. The van der Waals surface area contributed by atoms with Gasteiger partial charge in [-0.3, -0.25) is 9.55 Å². The van der Waals surface area contributed by atoms with Gasteiger partial charge < -0.3 is 9.73 Å². The molecule has 1 atom stereocenters. The van der Waals surface area contributed by atoms with Crippen molar-refractivity contribution in [2.75, 3.05) is 19.6 Å². The van der Waals surface area contributed by atoms with E-state index < -0.39 is 15.8 Å². The molecule has 136 valence electrons. The number of aromatic nitrogens is 2. The van der Waals surface area contributed by atoms with Gasteiger partial charge in [-0.25, -0.2) is 13.2 Å². The summed E-state index contributed by atoms with van der Waals surface area (Å²) in [4.78, 5) is 15.9. The molecule has 0 spiro atoms. The van der Waals surface area contributed by atoms with Crippen molar-refractivity contribution in [2.45, 2.75) is 10.9 Å². The summed E-state index contributed by atoms with van der Waals surface area (Å²) in [5.41, 5.74) is 1.64. The molecule has 0 amide bonds. The van der Waals surface area contributed by atoms with Crippen molar-refractivity contribution in [3.8, 4) is 0 Å². The molecule has 0 aliphatic carbocycles. The summed E-state index contributed by atoms with van der Waals surface area (Å²) in [6.45, 7) is 1.42. The molecule has 9 heteroatoms. The normalized spacial score (nSPS) is 19.0. The molecule has 1 unspecified atom stereocenters. The average Bonchev–Trinajstić information content (AvgIpc) is 2.96. The van der Waals surface area contributed by atoms with Crippen LogP contribution in [0.25, 0.3) is 11.1 Å². The predicted octanol–water partition coefficient (Wildman–Crippen LogP) is 0.862. The number of hydrogen-bond acceptors (Lipinski definition) is 6. The SMILES string of the molecule is Cn1c(=O)oc2cc(S(=O)(=O)N3CCNCC3c3cccnc3)ccc21. The van der Waals surface area contributed by atoms with Gasteiger partial charge in [0.25, 0.3) is 0 Å².